The van der Waals surface area contributed by atoms with Gasteiger partial charge in [-0.1, -0.05) is 30.3 Å². The molecule has 4 rings (SSSR count). The lowest BCUT2D eigenvalue weighted by Gasteiger charge is -2.40. The van der Waals surface area contributed by atoms with Crippen molar-refractivity contribution in [1.82, 2.24) is 14.7 Å². The van der Waals surface area contributed by atoms with Crippen LogP contribution in [0.15, 0.2) is 59.2 Å². The highest BCUT2D eigenvalue weighted by Crippen LogP contribution is 2.26. The molecule has 0 bridgehead atoms. The van der Waals surface area contributed by atoms with Gasteiger partial charge in [0.2, 0.25) is 11.8 Å². The maximum atomic E-state index is 13.5. The quantitative estimate of drug-likeness (QED) is 0.650. The van der Waals surface area contributed by atoms with Gasteiger partial charge in [0.05, 0.1) is 12.8 Å². The van der Waals surface area contributed by atoms with Gasteiger partial charge in [-0.15, -0.1) is 0 Å². The SMILES string of the molecule is CN1CCC(N(Cc2ccco2)C(=O)C2CCN(C(=O)/C=C/c3ccccc3)CC2)CC1. The number of amides is 2. The Kier molecular flexibility index (Phi) is 7.43. The Hall–Kier alpha value is -2.86. The van der Waals surface area contributed by atoms with Gasteiger partial charge < -0.3 is 19.1 Å². The Morgan fingerprint density at radius 3 is 2.38 bits per heavy atom. The molecule has 0 radical (unpaired) electrons. The van der Waals surface area contributed by atoms with Crippen LogP contribution in [0.3, 0.4) is 0 Å². The zero-order chi connectivity index (χ0) is 22.3. The highest BCUT2D eigenvalue weighted by Gasteiger charge is 2.34. The first-order valence-electron chi connectivity index (χ1n) is 11.6. The van der Waals surface area contributed by atoms with Crippen molar-refractivity contribution in [2.24, 2.45) is 5.92 Å². The van der Waals surface area contributed by atoms with Crippen LogP contribution < -0.4 is 0 Å². The highest BCUT2D eigenvalue weighted by atomic mass is 16.3. The van der Waals surface area contributed by atoms with E-state index in [4.69, 9.17) is 4.42 Å². The van der Waals surface area contributed by atoms with Gasteiger partial charge in [0, 0.05) is 31.1 Å². The molecular weight excluding hydrogens is 402 g/mol. The summed E-state index contributed by atoms with van der Waals surface area (Å²) in [4.78, 5) is 32.4. The maximum Gasteiger partial charge on any atom is 0.246 e. The zero-order valence-electron chi connectivity index (χ0n) is 18.9. The van der Waals surface area contributed by atoms with E-state index in [1.807, 2.05) is 58.3 Å². The van der Waals surface area contributed by atoms with E-state index in [2.05, 4.69) is 11.9 Å². The number of carbonyl (C=O) groups excluding carboxylic acids is 2. The van der Waals surface area contributed by atoms with Crippen LogP contribution >= 0.6 is 0 Å². The average molecular weight is 436 g/mol. The van der Waals surface area contributed by atoms with Gasteiger partial charge in [-0.3, -0.25) is 9.59 Å². The molecule has 0 spiro atoms. The van der Waals surface area contributed by atoms with Gasteiger partial charge in [-0.2, -0.15) is 0 Å². The van der Waals surface area contributed by atoms with Crippen molar-refractivity contribution in [2.75, 3.05) is 33.2 Å². The number of rotatable bonds is 6. The Morgan fingerprint density at radius 2 is 1.72 bits per heavy atom. The number of hydrogen-bond acceptors (Lipinski definition) is 4. The van der Waals surface area contributed by atoms with Crippen LogP contribution in [0.1, 0.15) is 37.0 Å². The smallest absolute Gasteiger partial charge is 0.246 e. The number of piperidine rings is 2. The van der Waals surface area contributed by atoms with Crippen LogP contribution in [-0.4, -0.2) is 65.8 Å². The highest BCUT2D eigenvalue weighted by molar-refractivity contribution is 5.92. The summed E-state index contributed by atoms with van der Waals surface area (Å²) in [6.07, 6.45) is 8.56. The van der Waals surface area contributed by atoms with Crippen LogP contribution in [-0.2, 0) is 16.1 Å². The van der Waals surface area contributed by atoms with Crippen molar-refractivity contribution in [3.8, 4) is 0 Å². The van der Waals surface area contributed by atoms with Crippen molar-refractivity contribution in [1.29, 1.82) is 0 Å². The number of benzene rings is 1. The summed E-state index contributed by atoms with van der Waals surface area (Å²) in [5, 5.41) is 0. The fourth-order valence-corrected chi connectivity index (χ4v) is 4.68. The summed E-state index contributed by atoms with van der Waals surface area (Å²) >= 11 is 0. The molecule has 0 unspecified atom stereocenters. The molecule has 2 saturated heterocycles. The molecule has 0 aliphatic carbocycles. The van der Waals surface area contributed by atoms with Gasteiger partial charge in [0.25, 0.3) is 0 Å². The molecule has 6 heteroatoms. The summed E-state index contributed by atoms with van der Waals surface area (Å²) in [7, 11) is 2.13. The van der Waals surface area contributed by atoms with Crippen LogP contribution in [0, 0.1) is 5.92 Å². The number of nitrogens with zero attached hydrogens (tertiary/aromatic N) is 3. The number of likely N-dealkylation sites (tertiary alicyclic amines) is 2. The van der Waals surface area contributed by atoms with E-state index < -0.39 is 0 Å². The molecule has 0 saturated carbocycles. The first-order chi connectivity index (χ1) is 15.6. The summed E-state index contributed by atoms with van der Waals surface area (Å²) < 4.78 is 5.56. The van der Waals surface area contributed by atoms with E-state index in [0.717, 1.165) is 37.3 Å². The van der Waals surface area contributed by atoms with E-state index in [9.17, 15) is 9.59 Å². The van der Waals surface area contributed by atoms with E-state index in [0.29, 0.717) is 32.5 Å². The molecule has 2 amide bonds. The van der Waals surface area contributed by atoms with Crippen molar-refractivity contribution >= 4 is 17.9 Å². The van der Waals surface area contributed by atoms with E-state index in [1.54, 1.807) is 12.3 Å². The molecule has 1 aromatic carbocycles. The van der Waals surface area contributed by atoms with Crippen molar-refractivity contribution in [3.05, 3.63) is 66.1 Å². The minimum Gasteiger partial charge on any atom is -0.467 e. The van der Waals surface area contributed by atoms with E-state index in [1.165, 1.54) is 0 Å². The molecule has 2 fully saturated rings. The normalized spacial score (nSPS) is 18.8. The maximum absolute atomic E-state index is 13.5. The van der Waals surface area contributed by atoms with Crippen LogP contribution in [0.4, 0.5) is 0 Å². The lowest BCUT2D eigenvalue weighted by atomic mass is 9.93. The Labute approximate surface area is 190 Å². The minimum absolute atomic E-state index is 0.0162. The standard InChI is InChI=1S/C26H33N3O3/c1-27-15-13-23(14-16-27)29(20-24-8-5-19-32-24)26(31)22-11-17-28(18-12-22)25(30)10-9-21-6-3-2-4-7-21/h2-10,19,22-23H,11-18,20H2,1H3/b10-9+. The van der Waals surface area contributed by atoms with Crippen molar-refractivity contribution in [3.63, 3.8) is 0 Å². The monoisotopic (exact) mass is 435 g/mol. The molecule has 32 heavy (non-hydrogen) atoms. The molecule has 170 valence electrons. The lowest BCUT2D eigenvalue weighted by Crippen LogP contribution is -2.50. The second-order valence-corrected chi connectivity index (χ2v) is 8.92. The third kappa shape index (κ3) is 5.68. The van der Waals surface area contributed by atoms with Gasteiger partial charge in [0.15, 0.2) is 0 Å². The fraction of sp³-hybridized carbons (Fsp3) is 0.462. The largest absolute Gasteiger partial charge is 0.467 e. The molecule has 2 aromatic rings. The number of carbonyl (C=O) groups is 2. The Balaban J connectivity index is 1.35. The Bertz CT molecular complexity index is 894. The third-order valence-corrected chi connectivity index (χ3v) is 6.69. The van der Waals surface area contributed by atoms with Crippen LogP contribution in [0.2, 0.25) is 0 Å². The third-order valence-electron chi connectivity index (χ3n) is 6.69. The van der Waals surface area contributed by atoms with E-state index in [-0.39, 0.29) is 23.8 Å². The molecule has 3 heterocycles. The molecule has 0 atom stereocenters. The van der Waals surface area contributed by atoms with Gasteiger partial charge in [-0.25, -0.2) is 0 Å². The Morgan fingerprint density at radius 1 is 1.00 bits per heavy atom. The second-order valence-electron chi connectivity index (χ2n) is 8.92. The summed E-state index contributed by atoms with van der Waals surface area (Å²) in [5.74, 6) is 1.02. The summed E-state index contributed by atoms with van der Waals surface area (Å²) in [5.41, 5.74) is 1.01. The second kappa shape index (κ2) is 10.6. The fourth-order valence-electron chi connectivity index (χ4n) is 4.68. The van der Waals surface area contributed by atoms with Gasteiger partial charge in [-0.05, 0) is 69.6 Å². The van der Waals surface area contributed by atoms with Gasteiger partial charge >= 0.3 is 0 Å². The number of hydrogen-bond donors (Lipinski definition) is 0. The van der Waals surface area contributed by atoms with Crippen LogP contribution in [0.25, 0.3) is 6.08 Å². The molecular formula is C26H33N3O3. The zero-order valence-corrected chi connectivity index (χ0v) is 18.9. The van der Waals surface area contributed by atoms with Crippen molar-refractivity contribution in [2.45, 2.75) is 38.3 Å². The average Bonchev–Trinajstić information content (AvgIpc) is 3.35. The summed E-state index contributed by atoms with van der Waals surface area (Å²) in [6, 6.07) is 13.9. The van der Waals surface area contributed by atoms with Gasteiger partial charge in [0.1, 0.15) is 5.76 Å². The molecule has 1 aromatic heterocycles. The topological polar surface area (TPSA) is 57.0 Å². The molecule has 6 nitrogen and oxygen atoms in total. The molecule has 2 aliphatic rings. The lowest BCUT2D eigenvalue weighted by molar-refractivity contribution is -0.143. The predicted molar refractivity (Wildman–Crippen MR) is 125 cm³/mol. The summed E-state index contributed by atoms with van der Waals surface area (Å²) in [6.45, 7) is 3.78. The van der Waals surface area contributed by atoms with Crippen LogP contribution in [0.5, 0.6) is 0 Å². The predicted octanol–water partition coefficient (Wildman–Crippen LogP) is 3.65. The van der Waals surface area contributed by atoms with Crippen molar-refractivity contribution < 1.29 is 14.0 Å². The first kappa shape index (κ1) is 22.3. The first-order valence-corrected chi connectivity index (χ1v) is 11.6. The number of furan rings is 1. The van der Waals surface area contributed by atoms with E-state index >= 15 is 0 Å². The molecule has 0 N–H and O–H groups in total. The molecule has 2 aliphatic heterocycles. The minimum atomic E-state index is -0.0354.